The number of benzene rings is 2. The molecule has 1 atom stereocenters. The first-order valence-corrected chi connectivity index (χ1v) is 7.86. The van der Waals surface area contributed by atoms with Crippen molar-refractivity contribution in [3.8, 4) is 6.07 Å². The fraction of sp³-hybridized carbons (Fsp3) is 0.111. The lowest BCUT2D eigenvalue weighted by atomic mass is 10.1. The predicted molar refractivity (Wildman–Crippen MR) is 96.1 cm³/mol. The van der Waals surface area contributed by atoms with E-state index in [1.54, 1.807) is 36.4 Å². The Morgan fingerprint density at radius 3 is 2.62 bits per heavy atom. The lowest BCUT2D eigenvalue weighted by molar-refractivity contribution is -0.384. The Kier molecular flexibility index (Phi) is 6.44. The highest BCUT2D eigenvalue weighted by Crippen LogP contribution is 2.26. The van der Waals surface area contributed by atoms with Crippen LogP contribution in [0.2, 0.25) is 5.02 Å². The number of carbonyl (C=O) groups is 1. The maximum absolute atomic E-state index is 12.3. The zero-order valence-electron chi connectivity index (χ0n) is 13.4. The third-order valence-electron chi connectivity index (χ3n) is 3.53. The third-order valence-corrected chi connectivity index (χ3v) is 3.85. The number of aliphatic hydroxyl groups is 1. The van der Waals surface area contributed by atoms with E-state index in [9.17, 15) is 25.3 Å². The topological polar surface area (TPSA) is 116 Å². The van der Waals surface area contributed by atoms with Gasteiger partial charge in [-0.05, 0) is 23.3 Å². The number of nitrogens with one attached hydrogen (secondary N) is 1. The molecule has 2 aromatic rings. The first-order valence-electron chi connectivity index (χ1n) is 7.48. The molecular weight excluding hydrogens is 358 g/mol. The average Bonchev–Trinajstić information content (AvgIpc) is 2.65. The molecular formula is C18H14ClN3O4. The number of hydrogen-bond donors (Lipinski definition) is 2. The molecule has 8 heteroatoms. The summed E-state index contributed by atoms with van der Waals surface area (Å²) in [5.41, 5.74) is 0.391. The van der Waals surface area contributed by atoms with Gasteiger partial charge in [-0.1, -0.05) is 48.0 Å². The van der Waals surface area contributed by atoms with Crippen LogP contribution in [0.4, 0.5) is 5.69 Å². The minimum atomic E-state index is -0.701. The van der Waals surface area contributed by atoms with Crippen LogP contribution >= 0.6 is 11.6 Å². The van der Waals surface area contributed by atoms with Crippen molar-refractivity contribution >= 4 is 29.3 Å². The number of carbonyl (C=O) groups excluding carboxylic acids is 1. The van der Waals surface area contributed by atoms with Crippen molar-refractivity contribution in [1.29, 1.82) is 5.26 Å². The summed E-state index contributed by atoms with van der Waals surface area (Å²) in [5.74, 6) is -0.701. The number of rotatable bonds is 6. The fourth-order valence-corrected chi connectivity index (χ4v) is 2.42. The highest BCUT2D eigenvalue weighted by molar-refractivity contribution is 6.32. The molecule has 26 heavy (non-hydrogen) atoms. The Morgan fingerprint density at radius 1 is 1.35 bits per heavy atom. The van der Waals surface area contributed by atoms with Crippen molar-refractivity contribution in [2.75, 3.05) is 6.61 Å². The summed E-state index contributed by atoms with van der Waals surface area (Å²) in [7, 11) is 0. The van der Waals surface area contributed by atoms with Crippen LogP contribution in [0.1, 0.15) is 17.2 Å². The lowest BCUT2D eigenvalue weighted by Crippen LogP contribution is -2.31. The monoisotopic (exact) mass is 371 g/mol. The largest absolute Gasteiger partial charge is 0.394 e. The number of nitro groups is 1. The molecule has 7 nitrogen and oxygen atoms in total. The molecule has 0 saturated heterocycles. The van der Waals surface area contributed by atoms with Crippen molar-refractivity contribution < 1.29 is 14.8 Å². The number of amides is 1. The molecule has 0 spiro atoms. The van der Waals surface area contributed by atoms with E-state index in [0.717, 1.165) is 0 Å². The molecule has 0 radical (unpaired) electrons. The summed E-state index contributed by atoms with van der Waals surface area (Å²) in [6.45, 7) is -0.346. The molecule has 2 rings (SSSR count). The van der Waals surface area contributed by atoms with Crippen LogP contribution in [0.15, 0.2) is 54.1 Å². The summed E-state index contributed by atoms with van der Waals surface area (Å²) < 4.78 is 0. The molecule has 0 aliphatic heterocycles. The molecule has 2 aromatic carbocycles. The fourth-order valence-electron chi connectivity index (χ4n) is 2.23. The van der Waals surface area contributed by atoms with Crippen molar-refractivity contribution in [3.63, 3.8) is 0 Å². The molecule has 0 unspecified atom stereocenters. The van der Waals surface area contributed by atoms with Crippen molar-refractivity contribution in [2.45, 2.75) is 6.04 Å². The van der Waals surface area contributed by atoms with Gasteiger partial charge in [0.25, 0.3) is 11.6 Å². The Hall–Kier alpha value is -3.21. The zero-order chi connectivity index (χ0) is 19.1. The van der Waals surface area contributed by atoms with Gasteiger partial charge in [-0.15, -0.1) is 0 Å². The first-order chi connectivity index (χ1) is 12.5. The summed E-state index contributed by atoms with van der Waals surface area (Å²) in [5, 5.41) is 32.2. The van der Waals surface area contributed by atoms with Gasteiger partial charge in [0.15, 0.2) is 0 Å². The van der Waals surface area contributed by atoms with Gasteiger partial charge in [0, 0.05) is 6.07 Å². The highest BCUT2D eigenvalue weighted by atomic mass is 35.5. The Morgan fingerprint density at radius 2 is 2.04 bits per heavy atom. The quantitative estimate of drug-likeness (QED) is 0.350. The second kappa shape index (κ2) is 8.76. The van der Waals surface area contributed by atoms with E-state index >= 15 is 0 Å². The number of nitriles is 1. The second-order valence-corrected chi connectivity index (χ2v) is 5.66. The highest BCUT2D eigenvalue weighted by Gasteiger charge is 2.18. The summed E-state index contributed by atoms with van der Waals surface area (Å²) in [4.78, 5) is 22.6. The van der Waals surface area contributed by atoms with Crippen molar-refractivity contribution in [3.05, 3.63) is 80.4 Å². The van der Waals surface area contributed by atoms with Crippen LogP contribution in [0.3, 0.4) is 0 Å². The smallest absolute Gasteiger partial charge is 0.288 e. The van der Waals surface area contributed by atoms with Gasteiger partial charge in [-0.25, -0.2) is 0 Å². The molecule has 0 aliphatic carbocycles. The van der Waals surface area contributed by atoms with Crippen molar-refractivity contribution in [1.82, 2.24) is 5.32 Å². The molecule has 0 bridgehead atoms. The number of nitrogens with zero attached hydrogens (tertiary/aromatic N) is 2. The van der Waals surface area contributed by atoms with Crippen LogP contribution in [0.5, 0.6) is 0 Å². The predicted octanol–water partition coefficient (Wildman–Crippen LogP) is 3.00. The van der Waals surface area contributed by atoms with E-state index in [1.807, 2.05) is 0 Å². The molecule has 132 valence electrons. The molecule has 1 amide bonds. The van der Waals surface area contributed by atoms with E-state index in [2.05, 4.69) is 5.32 Å². The number of hydrogen-bond acceptors (Lipinski definition) is 5. The summed E-state index contributed by atoms with van der Waals surface area (Å²) in [6, 6.07) is 13.8. The van der Waals surface area contributed by atoms with Gasteiger partial charge in [0.05, 0.1) is 17.6 Å². The van der Waals surface area contributed by atoms with E-state index in [0.29, 0.717) is 5.56 Å². The minimum Gasteiger partial charge on any atom is -0.394 e. The van der Waals surface area contributed by atoms with Crippen LogP contribution in [0.25, 0.3) is 6.08 Å². The van der Waals surface area contributed by atoms with E-state index in [1.165, 1.54) is 24.3 Å². The average molecular weight is 372 g/mol. The molecule has 0 aromatic heterocycles. The van der Waals surface area contributed by atoms with Crippen LogP contribution in [-0.2, 0) is 4.79 Å². The Labute approximate surface area is 154 Å². The molecule has 0 heterocycles. The maximum atomic E-state index is 12.3. The van der Waals surface area contributed by atoms with Crippen LogP contribution in [-0.4, -0.2) is 22.5 Å². The maximum Gasteiger partial charge on any atom is 0.288 e. The van der Waals surface area contributed by atoms with Gasteiger partial charge in [0.1, 0.15) is 16.7 Å². The Bertz CT molecular complexity index is 891. The van der Waals surface area contributed by atoms with Gasteiger partial charge < -0.3 is 10.4 Å². The van der Waals surface area contributed by atoms with E-state index < -0.39 is 16.9 Å². The first kappa shape index (κ1) is 19.1. The van der Waals surface area contributed by atoms with Crippen LogP contribution in [0, 0.1) is 21.4 Å². The number of halogens is 1. The van der Waals surface area contributed by atoms with Gasteiger partial charge in [-0.2, -0.15) is 5.26 Å². The molecule has 0 saturated carbocycles. The second-order valence-electron chi connectivity index (χ2n) is 5.26. The SMILES string of the molecule is N#CC(=Cc1ccc(Cl)c([N+](=O)[O-])c1)C(=O)N[C@@H](CO)c1ccccc1. The van der Waals surface area contributed by atoms with Gasteiger partial charge in [-0.3, -0.25) is 14.9 Å². The molecule has 0 fully saturated rings. The Balaban J connectivity index is 2.26. The summed E-state index contributed by atoms with van der Waals surface area (Å²) in [6.07, 6.45) is 1.22. The van der Waals surface area contributed by atoms with E-state index in [4.69, 9.17) is 11.6 Å². The number of aliphatic hydroxyl groups excluding tert-OH is 1. The third kappa shape index (κ3) is 4.66. The standard InChI is InChI=1S/C18H14ClN3O4/c19-15-7-6-12(9-17(15)22(25)26)8-14(10-20)18(24)21-16(11-23)13-4-2-1-3-5-13/h1-9,16,23H,11H2,(H,21,24)/t16-/m0/s1. The molecule has 2 N–H and O–H groups in total. The lowest BCUT2D eigenvalue weighted by Gasteiger charge is -2.16. The number of nitro benzene ring substituents is 1. The summed E-state index contributed by atoms with van der Waals surface area (Å²) >= 11 is 5.75. The van der Waals surface area contributed by atoms with Crippen LogP contribution < -0.4 is 5.32 Å². The normalized spacial score (nSPS) is 12.1. The minimum absolute atomic E-state index is 0.0421. The zero-order valence-corrected chi connectivity index (χ0v) is 14.2. The van der Waals surface area contributed by atoms with Gasteiger partial charge >= 0.3 is 0 Å². The van der Waals surface area contributed by atoms with Crippen molar-refractivity contribution in [2.24, 2.45) is 0 Å². The van der Waals surface area contributed by atoms with Gasteiger partial charge in [0.2, 0.25) is 0 Å². The van der Waals surface area contributed by atoms with E-state index in [-0.39, 0.29) is 28.5 Å². The molecule has 0 aliphatic rings.